The summed E-state index contributed by atoms with van der Waals surface area (Å²) in [7, 11) is 1.60. The summed E-state index contributed by atoms with van der Waals surface area (Å²) < 4.78 is 10.3. The number of benzene rings is 2. The Balaban J connectivity index is 1.67. The van der Waals surface area contributed by atoms with Crippen molar-refractivity contribution in [3.63, 3.8) is 0 Å². The highest BCUT2D eigenvalue weighted by atomic mass is 32.2. The van der Waals surface area contributed by atoms with Crippen LogP contribution in [0, 0.1) is 6.92 Å². The second-order valence-corrected chi connectivity index (χ2v) is 7.28. The molecule has 0 radical (unpaired) electrons. The van der Waals surface area contributed by atoms with E-state index >= 15 is 0 Å². The summed E-state index contributed by atoms with van der Waals surface area (Å²) in [6.45, 7) is 3.98. The Morgan fingerprint density at radius 1 is 1.07 bits per heavy atom. The number of rotatable bonds is 9. The molecule has 0 saturated heterocycles. The van der Waals surface area contributed by atoms with Gasteiger partial charge in [-0.2, -0.15) is 0 Å². The normalized spacial score (nSPS) is 11.5. The SMILES string of the molecule is COc1ccc(CNC(=O)[C@H](C)OC(=O)CCSc2ccc(C)cc2)cc1. The maximum atomic E-state index is 12.1. The Morgan fingerprint density at radius 3 is 2.37 bits per heavy atom. The van der Waals surface area contributed by atoms with Gasteiger partial charge in [-0.1, -0.05) is 29.8 Å². The zero-order valence-electron chi connectivity index (χ0n) is 15.9. The lowest BCUT2D eigenvalue weighted by molar-refractivity contribution is -0.154. The molecule has 1 amide bonds. The molecule has 0 aromatic heterocycles. The number of amides is 1. The molecule has 0 heterocycles. The zero-order chi connectivity index (χ0) is 19.6. The van der Waals surface area contributed by atoms with Crippen molar-refractivity contribution in [3.05, 3.63) is 59.7 Å². The third-order valence-corrected chi connectivity index (χ3v) is 4.91. The van der Waals surface area contributed by atoms with Gasteiger partial charge >= 0.3 is 5.97 Å². The molecule has 0 spiro atoms. The van der Waals surface area contributed by atoms with Crippen LogP contribution < -0.4 is 10.1 Å². The number of carbonyl (C=O) groups is 2. The first kappa shape index (κ1) is 20.8. The van der Waals surface area contributed by atoms with E-state index in [-0.39, 0.29) is 18.3 Å². The fourth-order valence-electron chi connectivity index (χ4n) is 2.27. The van der Waals surface area contributed by atoms with Gasteiger partial charge in [-0.3, -0.25) is 9.59 Å². The van der Waals surface area contributed by atoms with E-state index in [1.807, 2.05) is 55.5 Å². The molecular weight excluding hydrogens is 362 g/mol. The van der Waals surface area contributed by atoms with E-state index in [1.165, 1.54) is 5.56 Å². The molecular formula is C21H25NO4S. The number of carbonyl (C=O) groups excluding carboxylic acids is 2. The Morgan fingerprint density at radius 2 is 1.74 bits per heavy atom. The molecule has 0 aliphatic heterocycles. The minimum atomic E-state index is -0.819. The highest BCUT2D eigenvalue weighted by Crippen LogP contribution is 2.19. The van der Waals surface area contributed by atoms with Crippen LogP contribution in [0.3, 0.4) is 0 Å². The molecule has 2 rings (SSSR count). The van der Waals surface area contributed by atoms with E-state index in [4.69, 9.17) is 9.47 Å². The van der Waals surface area contributed by atoms with E-state index in [9.17, 15) is 9.59 Å². The number of nitrogens with one attached hydrogen (secondary N) is 1. The average Bonchev–Trinajstić information content (AvgIpc) is 2.68. The molecule has 0 unspecified atom stereocenters. The first-order valence-corrected chi connectivity index (χ1v) is 9.76. The van der Waals surface area contributed by atoms with E-state index in [0.717, 1.165) is 16.2 Å². The number of hydrogen-bond acceptors (Lipinski definition) is 5. The number of ether oxygens (including phenoxy) is 2. The second kappa shape index (κ2) is 10.6. The van der Waals surface area contributed by atoms with Crippen LogP contribution >= 0.6 is 11.8 Å². The predicted octanol–water partition coefficient (Wildman–Crippen LogP) is 3.73. The molecule has 0 bridgehead atoms. The lowest BCUT2D eigenvalue weighted by Gasteiger charge is -2.13. The van der Waals surface area contributed by atoms with Gasteiger partial charge in [0.15, 0.2) is 6.10 Å². The van der Waals surface area contributed by atoms with Crippen LogP contribution in [0.15, 0.2) is 53.4 Å². The molecule has 0 aliphatic carbocycles. The summed E-state index contributed by atoms with van der Waals surface area (Å²) in [4.78, 5) is 25.1. The van der Waals surface area contributed by atoms with Crippen molar-refractivity contribution < 1.29 is 19.1 Å². The van der Waals surface area contributed by atoms with Gasteiger partial charge in [0, 0.05) is 17.2 Å². The maximum absolute atomic E-state index is 12.1. The van der Waals surface area contributed by atoms with Crippen LogP contribution in [0.4, 0.5) is 0 Å². The van der Waals surface area contributed by atoms with Gasteiger partial charge < -0.3 is 14.8 Å². The minimum absolute atomic E-state index is 0.259. The largest absolute Gasteiger partial charge is 0.497 e. The summed E-state index contributed by atoms with van der Waals surface area (Å²) in [6, 6.07) is 15.5. The lowest BCUT2D eigenvalue weighted by atomic mass is 10.2. The van der Waals surface area contributed by atoms with E-state index < -0.39 is 6.10 Å². The Labute approximate surface area is 164 Å². The monoisotopic (exact) mass is 387 g/mol. The van der Waals surface area contributed by atoms with Crippen molar-refractivity contribution in [1.29, 1.82) is 0 Å². The van der Waals surface area contributed by atoms with Gasteiger partial charge in [0.2, 0.25) is 0 Å². The molecule has 1 atom stereocenters. The maximum Gasteiger partial charge on any atom is 0.307 e. The van der Waals surface area contributed by atoms with E-state index in [2.05, 4.69) is 5.32 Å². The van der Waals surface area contributed by atoms with Gasteiger partial charge in [0.25, 0.3) is 5.91 Å². The first-order chi connectivity index (χ1) is 13.0. The molecule has 2 aromatic rings. The third kappa shape index (κ3) is 7.35. The molecule has 1 N–H and O–H groups in total. The van der Waals surface area contributed by atoms with Gasteiger partial charge in [-0.15, -0.1) is 11.8 Å². The van der Waals surface area contributed by atoms with E-state index in [0.29, 0.717) is 12.3 Å². The number of hydrogen-bond donors (Lipinski definition) is 1. The third-order valence-electron chi connectivity index (χ3n) is 3.90. The smallest absolute Gasteiger partial charge is 0.307 e. The van der Waals surface area contributed by atoms with Crippen LogP contribution in [0.5, 0.6) is 5.75 Å². The fourth-order valence-corrected chi connectivity index (χ4v) is 3.11. The van der Waals surface area contributed by atoms with Crippen LogP contribution in [0.25, 0.3) is 0 Å². The first-order valence-electron chi connectivity index (χ1n) is 8.77. The predicted molar refractivity (Wildman–Crippen MR) is 107 cm³/mol. The zero-order valence-corrected chi connectivity index (χ0v) is 16.7. The Hall–Kier alpha value is -2.47. The van der Waals surface area contributed by atoms with Crippen molar-refractivity contribution in [2.45, 2.75) is 37.8 Å². The Bertz CT molecular complexity index is 744. The lowest BCUT2D eigenvalue weighted by Crippen LogP contribution is -2.35. The van der Waals surface area contributed by atoms with Crippen LogP contribution in [-0.2, 0) is 20.9 Å². The van der Waals surface area contributed by atoms with Crippen LogP contribution in [0.2, 0.25) is 0 Å². The van der Waals surface area contributed by atoms with Crippen molar-refractivity contribution in [1.82, 2.24) is 5.32 Å². The molecule has 5 nitrogen and oxygen atoms in total. The van der Waals surface area contributed by atoms with Crippen molar-refractivity contribution in [3.8, 4) is 5.75 Å². The van der Waals surface area contributed by atoms with Crippen LogP contribution in [0.1, 0.15) is 24.5 Å². The summed E-state index contributed by atoms with van der Waals surface area (Å²) >= 11 is 1.59. The molecule has 2 aromatic carbocycles. The highest BCUT2D eigenvalue weighted by molar-refractivity contribution is 7.99. The van der Waals surface area contributed by atoms with Gasteiger partial charge in [-0.05, 0) is 43.7 Å². The van der Waals surface area contributed by atoms with Gasteiger partial charge in [0.1, 0.15) is 5.75 Å². The van der Waals surface area contributed by atoms with Gasteiger partial charge in [-0.25, -0.2) is 0 Å². The molecule has 27 heavy (non-hydrogen) atoms. The summed E-state index contributed by atoms with van der Waals surface area (Å²) in [5.74, 6) is 0.685. The molecule has 0 aliphatic rings. The highest BCUT2D eigenvalue weighted by Gasteiger charge is 2.17. The fraction of sp³-hybridized carbons (Fsp3) is 0.333. The van der Waals surface area contributed by atoms with Crippen molar-refractivity contribution in [2.24, 2.45) is 0 Å². The second-order valence-electron chi connectivity index (χ2n) is 6.11. The Kier molecular flexibility index (Phi) is 8.20. The number of esters is 1. The number of aryl methyl sites for hydroxylation is 1. The molecule has 6 heteroatoms. The summed E-state index contributed by atoms with van der Waals surface area (Å²) in [5.41, 5.74) is 2.14. The minimum Gasteiger partial charge on any atom is -0.497 e. The molecule has 144 valence electrons. The summed E-state index contributed by atoms with van der Waals surface area (Å²) in [6.07, 6.45) is -0.561. The summed E-state index contributed by atoms with van der Waals surface area (Å²) in [5, 5.41) is 2.77. The van der Waals surface area contributed by atoms with Gasteiger partial charge in [0.05, 0.1) is 13.5 Å². The quantitative estimate of drug-likeness (QED) is 0.525. The standard InChI is InChI=1S/C21H25NO4S/c1-15-4-10-19(11-5-15)27-13-12-20(23)26-16(2)21(24)22-14-17-6-8-18(25-3)9-7-17/h4-11,16H,12-14H2,1-3H3,(H,22,24)/t16-/m0/s1. The van der Waals surface area contributed by atoms with E-state index in [1.54, 1.807) is 25.8 Å². The number of thioether (sulfide) groups is 1. The van der Waals surface area contributed by atoms with Crippen molar-refractivity contribution in [2.75, 3.05) is 12.9 Å². The topological polar surface area (TPSA) is 64.6 Å². The average molecular weight is 388 g/mol. The number of methoxy groups -OCH3 is 1. The van der Waals surface area contributed by atoms with Crippen molar-refractivity contribution >= 4 is 23.6 Å². The molecule has 0 fully saturated rings. The van der Waals surface area contributed by atoms with Crippen LogP contribution in [-0.4, -0.2) is 30.8 Å². The molecule has 0 saturated carbocycles.